The van der Waals surface area contributed by atoms with Gasteiger partial charge in [-0.1, -0.05) is 0 Å². The summed E-state index contributed by atoms with van der Waals surface area (Å²) in [6, 6.07) is 2.82. The van der Waals surface area contributed by atoms with Crippen LogP contribution < -0.4 is 5.73 Å². The van der Waals surface area contributed by atoms with E-state index in [2.05, 4.69) is 15.0 Å². The van der Waals surface area contributed by atoms with Crippen molar-refractivity contribution in [3.05, 3.63) is 36.2 Å². The van der Waals surface area contributed by atoms with Crippen LogP contribution in [0.5, 0.6) is 0 Å². The monoisotopic (exact) mass is 379 g/mol. The van der Waals surface area contributed by atoms with E-state index in [9.17, 15) is 24.1 Å². The maximum Gasteiger partial charge on any atom is 0.168 e. The number of nitrogen functional groups attached to an aromatic ring is 1. The third kappa shape index (κ3) is 2.90. The van der Waals surface area contributed by atoms with Gasteiger partial charge in [-0.25, -0.2) is 23.7 Å². The van der Waals surface area contributed by atoms with Gasteiger partial charge in [0.15, 0.2) is 23.5 Å². The molecule has 4 atom stereocenters. The van der Waals surface area contributed by atoms with E-state index >= 15 is 0 Å². The molecule has 0 unspecified atom stereocenters. The summed E-state index contributed by atoms with van der Waals surface area (Å²) < 4.78 is 33.8. The molecule has 1 fully saturated rings. The van der Waals surface area contributed by atoms with Gasteiger partial charge in [0.2, 0.25) is 0 Å². The van der Waals surface area contributed by atoms with Crippen LogP contribution in [0.3, 0.4) is 0 Å². The second kappa shape index (κ2) is 6.46. The second-order valence-electron chi connectivity index (χ2n) is 6.14. The average Bonchev–Trinajstić information content (AvgIpc) is 3.16. The lowest BCUT2D eigenvalue weighted by Gasteiger charge is -2.16. The summed E-state index contributed by atoms with van der Waals surface area (Å²) >= 11 is 0. The second-order valence-corrected chi connectivity index (χ2v) is 6.14. The summed E-state index contributed by atoms with van der Waals surface area (Å²) in [6.07, 6.45) is -3.46. The van der Waals surface area contributed by atoms with Crippen LogP contribution in [0.15, 0.2) is 24.5 Å². The highest BCUT2D eigenvalue weighted by atomic mass is 19.1. The Balaban J connectivity index is 1.84. The zero-order valence-electron chi connectivity index (χ0n) is 13.7. The van der Waals surface area contributed by atoms with Crippen LogP contribution in [0.4, 0.5) is 14.6 Å². The number of anilines is 1. The number of fused-ring (bicyclic) bond motifs is 1. The normalized spacial score (nSPS) is 25.4. The van der Waals surface area contributed by atoms with Crippen LogP contribution in [0, 0.1) is 11.6 Å². The van der Waals surface area contributed by atoms with Gasteiger partial charge in [-0.2, -0.15) is 0 Å². The fourth-order valence-corrected chi connectivity index (χ4v) is 3.05. The molecule has 0 radical (unpaired) electrons. The Kier molecular flexibility index (Phi) is 4.23. The molecule has 142 valence electrons. The smallest absolute Gasteiger partial charge is 0.168 e. The molecule has 0 amide bonds. The fraction of sp³-hybridized carbons (Fsp3) is 0.312. The number of hydrogen-bond donors (Lipinski definition) is 4. The van der Waals surface area contributed by atoms with Crippen molar-refractivity contribution in [3.63, 3.8) is 0 Å². The average molecular weight is 379 g/mol. The number of ether oxygens (including phenoxy) is 1. The molecule has 27 heavy (non-hydrogen) atoms. The Labute approximate surface area is 150 Å². The van der Waals surface area contributed by atoms with Crippen molar-refractivity contribution in [1.29, 1.82) is 0 Å². The number of imidazole rings is 1. The Morgan fingerprint density at radius 1 is 1.11 bits per heavy atom. The SMILES string of the molecule is Nc1nc(-c2cc(F)cc(F)c2)nc2c1ncn2[C@@H]1O[C@H](CO)[C@@H](O)[C@H]1O. The minimum atomic E-state index is -1.36. The van der Waals surface area contributed by atoms with E-state index in [4.69, 9.17) is 10.5 Å². The van der Waals surface area contributed by atoms with Crippen molar-refractivity contribution in [3.8, 4) is 11.4 Å². The molecular formula is C16H15F2N5O4. The molecule has 1 aromatic carbocycles. The lowest BCUT2D eigenvalue weighted by atomic mass is 10.1. The predicted molar refractivity (Wildman–Crippen MR) is 88.1 cm³/mol. The molecular weight excluding hydrogens is 364 g/mol. The van der Waals surface area contributed by atoms with E-state index in [-0.39, 0.29) is 28.4 Å². The molecule has 4 rings (SSSR count). The Hall–Kier alpha value is -2.73. The standard InChI is InChI=1S/C16H15F2N5O4/c17-7-1-6(2-8(18)3-7)14-21-13(19)10-15(22-14)23(5-20-10)16-12(26)11(25)9(4-24)27-16/h1-3,5,9,11-12,16,24-26H,4H2,(H2,19,21,22)/t9-,11-,12-,16-/m1/s1. The highest BCUT2D eigenvalue weighted by molar-refractivity contribution is 5.83. The Morgan fingerprint density at radius 3 is 2.44 bits per heavy atom. The highest BCUT2D eigenvalue weighted by Crippen LogP contribution is 2.32. The molecule has 3 heterocycles. The summed E-state index contributed by atoms with van der Waals surface area (Å²) in [6.45, 7) is -0.494. The highest BCUT2D eigenvalue weighted by Gasteiger charge is 2.44. The number of benzene rings is 1. The van der Waals surface area contributed by atoms with E-state index in [0.29, 0.717) is 0 Å². The Bertz CT molecular complexity index is 994. The largest absolute Gasteiger partial charge is 0.394 e. The van der Waals surface area contributed by atoms with E-state index in [0.717, 1.165) is 18.2 Å². The molecule has 3 aromatic rings. The molecule has 9 nitrogen and oxygen atoms in total. The number of aliphatic hydroxyl groups is 3. The first kappa shape index (κ1) is 17.7. The summed E-state index contributed by atoms with van der Waals surface area (Å²) in [4.78, 5) is 12.3. The predicted octanol–water partition coefficient (Wildman–Crippen LogP) is -0.0348. The van der Waals surface area contributed by atoms with Gasteiger partial charge in [-0.15, -0.1) is 0 Å². The molecule has 1 saturated heterocycles. The summed E-state index contributed by atoms with van der Waals surface area (Å²) in [7, 11) is 0. The maximum atomic E-state index is 13.5. The van der Waals surface area contributed by atoms with Gasteiger partial charge in [0, 0.05) is 11.6 Å². The topological polar surface area (TPSA) is 140 Å². The molecule has 0 aliphatic carbocycles. The van der Waals surface area contributed by atoms with E-state index in [1.54, 1.807) is 0 Å². The number of rotatable bonds is 3. The van der Waals surface area contributed by atoms with Gasteiger partial charge in [0.05, 0.1) is 12.9 Å². The molecule has 11 heteroatoms. The fourth-order valence-electron chi connectivity index (χ4n) is 3.05. The zero-order chi connectivity index (χ0) is 19.3. The van der Waals surface area contributed by atoms with Crippen molar-refractivity contribution >= 4 is 17.0 Å². The van der Waals surface area contributed by atoms with Crippen molar-refractivity contribution in [2.75, 3.05) is 12.3 Å². The zero-order valence-corrected chi connectivity index (χ0v) is 13.7. The number of nitrogens with two attached hydrogens (primary N) is 1. The van der Waals surface area contributed by atoms with Crippen LogP contribution in [-0.4, -0.2) is 59.8 Å². The molecule has 5 N–H and O–H groups in total. The van der Waals surface area contributed by atoms with Gasteiger partial charge in [-0.05, 0) is 12.1 Å². The number of halogens is 2. The minimum Gasteiger partial charge on any atom is -0.394 e. The van der Waals surface area contributed by atoms with Crippen molar-refractivity contribution < 1.29 is 28.8 Å². The molecule has 0 spiro atoms. The number of hydrogen-bond acceptors (Lipinski definition) is 8. The van der Waals surface area contributed by atoms with Crippen molar-refractivity contribution in [2.45, 2.75) is 24.5 Å². The summed E-state index contributed by atoms with van der Waals surface area (Å²) in [5.74, 6) is -1.69. The number of nitrogens with zero attached hydrogens (tertiary/aromatic N) is 4. The summed E-state index contributed by atoms with van der Waals surface area (Å²) in [5.41, 5.74) is 6.28. The first-order valence-electron chi connectivity index (χ1n) is 7.98. The molecule has 0 saturated carbocycles. The van der Waals surface area contributed by atoms with E-state index in [1.165, 1.54) is 10.9 Å². The molecule has 1 aliphatic rings. The van der Waals surface area contributed by atoms with Gasteiger partial charge >= 0.3 is 0 Å². The first-order valence-corrected chi connectivity index (χ1v) is 7.98. The maximum absolute atomic E-state index is 13.5. The lowest BCUT2D eigenvalue weighted by molar-refractivity contribution is -0.0511. The van der Waals surface area contributed by atoms with Gasteiger partial charge in [-0.3, -0.25) is 4.57 Å². The van der Waals surface area contributed by atoms with Crippen LogP contribution >= 0.6 is 0 Å². The van der Waals surface area contributed by atoms with Gasteiger partial charge < -0.3 is 25.8 Å². The Morgan fingerprint density at radius 2 is 1.81 bits per heavy atom. The van der Waals surface area contributed by atoms with E-state index < -0.39 is 42.8 Å². The van der Waals surface area contributed by atoms with E-state index in [1.807, 2.05) is 0 Å². The quantitative estimate of drug-likeness (QED) is 0.497. The minimum absolute atomic E-state index is 0.0369. The van der Waals surface area contributed by atoms with Crippen LogP contribution in [0.2, 0.25) is 0 Å². The van der Waals surface area contributed by atoms with Gasteiger partial charge in [0.25, 0.3) is 0 Å². The van der Waals surface area contributed by atoms with Gasteiger partial charge in [0.1, 0.15) is 35.5 Å². The van der Waals surface area contributed by atoms with Crippen LogP contribution in [0.25, 0.3) is 22.6 Å². The van der Waals surface area contributed by atoms with Crippen molar-refractivity contribution in [2.24, 2.45) is 0 Å². The molecule has 2 aromatic heterocycles. The summed E-state index contributed by atoms with van der Waals surface area (Å²) in [5, 5.41) is 29.4. The van der Waals surface area contributed by atoms with Crippen LogP contribution in [-0.2, 0) is 4.74 Å². The third-order valence-corrected chi connectivity index (χ3v) is 4.36. The van der Waals surface area contributed by atoms with Crippen molar-refractivity contribution in [1.82, 2.24) is 19.5 Å². The lowest BCUT2D eigenvalue weighted by Crippen LogP contribution is -2.33. The first-order chi connectivity index (χ1) is 12.9. The number of aromatic nitrogens is 4. The third-order valence-electron chi connectivity index (χ3n) is 4.36. The molecule has 1 aliphatic heterocycles. The van der Waals surface area contributed by atoms with Crippen LogP contribution in [0.1, 0.15) is 6.23 Å². The number of aliphatic hydroxyl groups excluding tert-OH is 3. The molecule has 0 bridgehead atoms.